The van der Waals surface area contributed by atoms with Crippen LogP contribution in [0, 0.1) is 20.8 Å². The summed E-state index contributed by atoms with van der Waals surface area (Å²) < 4.78 is 0. The van der Waals surface area contributed by atoms with Crippen molar-refractivity contribution in [2.45, 2.75) is 45.6 Å². The van der Waals surface area contributed by atoms with Crippen LogP contribution in [0.5, 0.6) is 0 Å². The molecule has 28 heavy (non-hydrogen) atoms. The van der Waals surface area contributed by atoms with Crippen LogP contribution in [0.25, 0.3) is 0 Å². The molecule has 1 aliphatic carbocycles. The number of imide groups is 1. The lowest BCUT2D eigenvalue weighted by Crippen LogP contribution is -2.46. The number of nitrogens with zero attached hydrogens (tertiary/aromatic N) is 1. The number of anilines is 1. The SMILES string of the molecule is Cc1cc(C)c(NC(=O)CN2C(=O)N[C@@]3(CCCc4sccc43)C2=O)c(C)c1. The summed E-state index contributed by atoms with van der Waals surface area (Å²) in [7, 11) is 0. The summed E-state index contributed by atoms with van der Waals surface area (Å²) in [6, 6.07) is 5.40. The minimum Gasteiger partial charge on any atom is -0.324 e. The molecule has 1 fully saturated rings. The van der Waals surface area contributed by atoms with Gasteiger partial charge in [-0.25, -0.2) is 4.79 Å². The number of fused-ring (bicyclic) bond motifs is 2. The van der Waals surface area contributed by atoms with E-state index in [9.17, 15) is 14.4 Å². The second-order valence-corrected chi connectivity index (χ2v) is 8.66. The topological polar surface area (TPSA) is 78.5 Å². The zero-order valence-corrected chi connectivity index (χ0v) is 17.0. The van der Waals surface area contributed by atoms with Gasteiger partial charge in [0.2, 0.25) is 5.91 Å². The van der Waals surface area contributed by atoms with Crippen LogP contribution in [0.3, 0.4) is 0 Å². The van der Waals surface area contributed by atoms with Crippen molar-refractivity contribution in [3.05, 3.63) is 50.7 Å². The molecule has 1 aliphatic heterocycles. The van der Waals surface area contributed by atoms with Gasteiger partial charge >= 0.3 is 6.03 Å². The van der Waals surface area contributed by atoms with Crippen molar-refractivity contribution < 1.29 is 14.4 Å². The summed E-state index contributed by atoms with van der Waals surface area (Å²) in [5, 5.41) is 7.70. The third-order valence-corrected chi connectivity index (χ3v) is 6.56. The van der Waals surface area contributed by atoms with Gasteiger partial charge in [-0.2, -0.15) is 0 Å². The zero-order valence-electron chi connectivity index (χ0n) is 16.2. The van der Waals surface area contributed by atoms with Crippen LogP contribution < -0.4 is 10.6 Å². The fraction of sp³-hybridized carbons (Fsp3) is 0.381. The van der Waals surface area contributed by atoms with Gasteiger partial charge in [0.05, 0.1) is 0 Å². The van der Waals surface area contributed by atoms with E-state index in [2.05, 4.69) is 10.6 Å². The Kier molecular flexibility index (Phi) is 4.50. The molecule has 2 heterocycles. The van der Waals surface area contributed by atoms with Gasteiger partial charge in [0.25, 0.3) is 5.91 Å². The van der Waals surface area contributed by atoms with Crippen molar-refractivity contribution in [3.8, 4) is 0 Å². The van der Waals surface area contributed by atoms with Crippen LogP contribution in [0.2, 0.25) is 0 Å². The first kappa shape index (κ1) is 18.7. The monoisotopic (exact) mass is 397 g/mol. The number of nitrogens with one attached hydrogen (secondary N) is 2. The molecular formula is C21H23N3O3S. The molecule has 146 valence electrons. The number of aryl methyl sites for hydroxylation is 4. The Balaban J connectivity index is 1.55. The van der Waals surface area contributed by atoms with E-state index in [0.29, 0.717) is 6.42 Å². The summed E-state index contributed by atoms with van der Waals surface area (Å²) in [6.07, 6.45) is 2.32. The number of urea groups is 1. The average Bonchev–Trinajstić information content (AvgIpc) is 3.19. The summed E-state index contributed by atoms with van der Waals surface area (Å²) in [5.41, 5.74) is 3.63. The molecule has 4 rings (SSSR count). The third kappa shape index (κ3) is 2.90. The van der Waals surface area contributed by atoms with Crippen LogP contribution in [0.4, 0.5) is 10.5 Å². The fourth-order valence-electron chi connectivity index (χ4n) is 4.38. The number of benzene rings is 1. The highest BCUT2D eigenvalue weighted by Crippen LogP contribution is 2.42. The van der Waals surface area contributed by atoms with Gasteiger partial charge in [-0.15, -0.1) is 11.3 Å². The molecule has 2 aromatic rings. The van der Waals surface area contributed by atoms with Crippen molar-refractivity contribution in [1.82, 2.24) is 10.2 Å². The Morgan fingerprint density at radius 1 is 1.25 bits per heavy atom. The lowest BCUT2D eigenvalue weighted by Gasteiger charge is -2.31. The zero-order chi connectivity index (χ0) is 20.1. The highest BCUT2D eigenvalue weighted by atomic mass is 32.1. The molecule has 1 spiro atoms. The molecule has 1 atom stereocenters. The first-order chi connectivity index (χ1) is 13.3. The molecule has 4 amide bonds. The molecule has 1 saturated heterocycles. The van der Waals surface area contributed by atoms with Crippen LogP contribution in [0.15, 0.2) is 23.6 Å². The normalized spacial score (nSPS) is 21.0. The van der Waals surface area contributed by atoms with Crippen molar-refractivity contribution in [3.63, 3.8) is 0 Å². The molecular weight excluding hydrogens is 374 g/mol. The fourth-order valence-corrected chi connectivity index (χ4v) is 5.38. The van der Waals surface area contributed by atoms with Gasteiger partial charge in [0.15, 0.2) is 0 Å². The first-order valence-electron chi connectivity index (χ1n) is 9.40. The number of hydrogen-bond donors (Lipinski definition) is 2. The standard InChI is InChI=1S/C21H23N3O3S/c1-12-9-13(2)18(14(3)10-12)22-17(25)11-24-19(26)21(23-20(24)27)7-4-5-16-15(21)6-8-28-16/h6,8-10H,4-5,7,11H2,1-3H3,(H,22,25)(H,23,27)/t21-/m1/s1. The number of rotatable bonds is 3. The maximum atomic E-state index is 13.2. The molecule has 2 N–H and O–H groups in total. The predicted molar refractivity (Wildman–Crippen MR) is 108 cm³/mol. The van der Waals surface area contributed by atoms with Crippen molar-refractivity contribution >= 4 is 34.9 Å². The molecule has 2 aliphatic rings. The van der Waals surface area contributed by atoms with Gasteiger partial charge in [0, 0.05) is 16.1 Å². The predicted octanol–water partition coefficient (Wildman–Crippen LogP) is 3.40. The van der Waals surface area contributed by atoms with Crippen molar-refractivity contribution in [2.75, 3.05) is 11.9 Å². The van der Waals surface area contributed by atoms with Gasteiger partial charge in [-0.1, -0.05) is 17.7 Å². The average molecular weight is 398 g/mol. The van der Waals surface area contributed by atoms with Crippen molar-refractivity contribution in [2.24, 2.45) is 0 Å². The molecule has 1 aromatic heterocycles. The van der Waals surface area contributed by atoms with Crippen molar-refractivity contribution in [1.29, 1.82) is 0 Å². The lowest BCUT2D eigenvalue weighted by atomic mass is 9.80. The molecule has 0 bridgehead atoms. The van der Waals surface area contributed by atoms with E-state index in [1.54, 1.807) is 11.3 Å². The number of carbonyl (C=O) groups excluding carboxylic acids is 3. The number of thiophene rings is 1. The first-order valence-corrected chi connectivity index (χ1v) is 10.3. The van der Waals surface area contributed by atoms with Crippen LogP contribution in [-0.2, 0) is 21.5 Å². The summed E-state index contributed by atoms with van der Waals surface area (Å²) in [4.78, 5) is 40.6. The quantitative estimate of drug-likeness (QED) is 0.779. The van der Waals surface area contributed by atoms with Gasteiger partial charge in [0.1, 0.15) is 12.1 Å². The number of amides is 4. The van der Waals surface area contributed by atoms with E-state index >= 15 is 0 Å². The van der Waals surface area contributed by atoms with Gasteiger partial charge < -0.3 is 10.6 Å². The molecule has 0 saturated carbocycles. The van der Waals surface area contributed by atoms with E-state index in [0.717, 1.165) is 50.6 Å². The maximum absolute atomic E-state index is 13.2. The van der Waals surface area contributed by atoms with E-state index in [1.165, 1.54) is 0 Å². The van der Waals surface area contributed by atoms with E-state index in [4.69, 9.17) is 0 Å². The van der Waals surface area contributed by atoms with Crippen LogP contribution in [0.1, 0.15) is 40.0 Å². The number of hydrogen-bond acceptors (Lipinski definition) is 4. The Hall–Kier alpha value is -2.67. The number of carbonyl (C=O) groups is 3. The second kappa shape index (κ2) is 6.74. The highest BCUT2D eigenvalue weighted by Gasteiger charge is 2.54. The minimum atomic E-state index is -1.01. The molecule has 1 aromatic carbocycles. The van der Waals surface area contributed by atoms with E-state index in [-0.39, 0.29) is 18.4 Å². The smallest absolute Gasteiger partial charge is 0.324 e. The second-order valence-electron chi connectivity index (χ2n) is 7.66. The summed E-state index contributed by atoms with van der Waals surface area (Å²) in [6.45, 7) is 5.57. The molecule has 6 nitrogen and oxygen atoms in total. The Morgan fingerprint density at radius 2 is 1.96 bits per heavy atom. The largest absolute Gasteiger partial charge is 0.325 e. The Bertz CT molecular complexity index is 974. The van der Waals surface area contributed by atoms with E-state index in [1.807, 2.05) is 44.4 Å². The molecule has 0 unspecified atom stereocenters. The Labute approximate surface area is 167 Å². The van der Waals surface area contributed by atoms with Crippen LogP contribution >= 0.6 is 11.3 Å². The Morgan fingerprint density at radius 3 is 2.68 bits per heavy atom. The highest BCUT2D eigenvalue weighted by molar-refractivity contribution is 7.10. The third-order valence-electron chi connectivity index (χ3n) is 5.58. The lowest BCUT2D eigenvalue weighted by molar-refractivity contribution is -0.134. The summed E-state index contributed by atoms with van der Waals surface area (Å²) in [5.74, 6) is -0.707. The molecule has 0 radical (unpaired) electrons. The summed E-state index contributed by atoms with van der Waals surface area (Å²) >= 11 is 1.61. The minimum absolute atomic E-state index is 0.293. The maximum Gasteiger partial charge on any atom is 0.325 e. The van der Waals surface area contributed by atoms with E-state index < -0.39 is 11.6 Å². The molecule has 7 heteroatoms. The van der Waals surface area contributed by atoms with Gasteiger partial charge in [-0.05, 0) is 62.6 Å². The van der Waals surface area contributed by atoms with Gasteiger partial charge in [-0.3, -0.25) is 14.5 Å². The van der Waals surface area contributed by atoms with Crippen LogP contribution in [-0.4, -0.2) is 29.3 Å².